The van der Waals surface area contributed by atoms with Crippen LogP contribution in [0, 0.1) is 6.92 Å². The van der Waals surface area contributed by atoms with Crippen molar-refractivity contribution in [3.8, 4) is 11.3 Å². The zero-order valence-corrected chi connectivity index (χ0v) is 13.4. The molecule has 1 aromatic heterocycles. The van der Waals surface area contributed by atoms with Crippen LogP contribution < -0.4 is 9.88 Å². The SMILES string of the molecule is Cc1ccc(CC2Nc3cnc(-c4ccccc4)c[n+]3C2=O)cc1. The molecule has 1 N–H and O–H groups in total. The maximum atomic E-state index is 12.7. The summed E-state index contributed by atoms with van der Waals surface area (Å²) in [6.45, 7) is 2.06. The van der Waals surface area contributed by atoms with E-state index in [2.05, 4.69) is 41.5 Å². The van der Waals surface area contributed by atoms with Crippen LogP contribution in [-0.2, 0) is 6.42 Å². The second kappa shape index (κ2) is 5.89. The molecule has 0 saturated carbocycles. The fraction of sp³-hybridized carbons (Fsp3) is 0.150. The molecule has 0 fully saturated rings. The molecule has 0 spiro atoms. The number of benzene rings is 2. The van der Waals surface area contributed by atoms with Crippen LogP contribution >= 0.6 is 0 Å². The molecule has 4 nitrogen and oxygen atoms in total. The third-order valence-electron chi connectivity index (χ3n) is 4.32. The lowest BCUT2D eigenvalue weighted by Gasteiger charge is -2.03. The predicted octanol–water partition coefficient (Wildman–Crippen LogP) is 3.02. The molecular weight excluding hydrogens is 298 g/mol. The number of rotatable bonds is 3. The first-order chi connectivity index (χ1) is 11.7. The zero-order valence-electron chi connectivity index (χ0n) is 13.4. The number of nitrogens with one attached hydrogen (secondary N) is 1. The van der Waals surface area contributed by atoms with Crippen LogP contribution in [0.3, 0.4) is 0 Å². The van der Waals surface area contributed by atoms with Gasteiger partial charge in [0.2, 0.25) is 0 Å². The molecule has 0 aliphatic carbocycles. The Labute approximate surface area is 140 Å². The Hall–Kier alpha value is -3.01. The largest absolute Gasteiger partial charge is 0.359 e. The van der Waals surface area contributed by atoms with E-state index < -0.39 is 0 Å². The molecule has 1 aliphatic rings. The lowest BCUT2D eigenvalue weighted by Crippen LogP contribution is -2.43. The minimum Gasteiger partial charge on any atom is -0.258 e. The number of carbonyl (C=O) groups excluding carboxylic acids is 1. The van der Waals surface area contributed by atoms with E-state index in [0.717, 1.165) is 22.6 Å². The maximum Gasteiger partial charge on any atom is 0.359 e. The quantitative estimate of drug-likeness (QED) is 0.756. The van der Waals surface area contributed by atoms with Gasteiger partial charge in [0.15, 0.2) is 6.04 Å². The summed E-state index contributed by atoms with van der Waals surface area (Å²) in [5.74, 6) is 0.807. The number of aromatic nitrogens is 2. The minimum atomic E-state index is -0.250. The first kappa shape index (κ1) is 14.6. The molecule has 2 heterocycles. The normalized spacial score (nSPS) is 15.9. The number of fused-ring (bicyclic) bond motifs is 1. The molecule has 4 heteroatoms. The molecule has 3 aromatic rings. The molecule has 24 heavy (non-hydrogen) atoms. The van der Waals surface area contributed by atoms with Gasteiger partial charge in [-0.3, -0.25) is 5.32 Å². The fourth-order valence-corrected chi connectivity index (χ4v) is 2.97. The van der Waals surface area contributed by atoms with Crippen molar-refractivity contribution in [3.05, 3.63) is 78.1 Å². The van der Waals surface area contributed by atoms with Crippen molar-refractivity contribution in [2.24, 2.45) is 0 Å². The van der Waals surface area contributed by atoms with Gasteiger partial charge in [0, 0.05) is 12.0 Å². The molecule has 0 saturated heterocycles. The molecule has 118 valence electrons. The molecule has 1 atom stereocenters. The number of hydrogen-bond donors (Lipinski definition) is 1. The van der Waals surface area contributed by atoms with Crippen molar-refractivity contribution in [3.63, 3.8) is 0 Å². The summed E-state index contributed by atoms with van der Waals surface area (Å²) in [6, 6.07) is 17.9. The third kappa shape index (κ3) is 2.67. The Morgan fingerprint density at radius 1 is 1.08 bits per heavy atom. The Bertz CT molecular complexity index is 889. The standard InChI is InChI=1S/C20H17N3O/c1-14-7-9-15(10-8-14)11-17-20(24)23-13-18(21-12-19(23)22-17)16-5-3-2-4-6-16/h2-10,12-13,17H,11H2,1H3/p+1. The summed E-state index contributed by atoms with van der Waals surface area (Å²) in [5.41, 5.74) is 4.17. The highest BCUT2D eigenvalue weighted by Crippen LogP contribution is 2.19. The van der Waals surface area contributed by atoms with E-state index in [-0.39, 0.29) is 11.9 Å². The lowest BCUT2D eigenvalue weighted by molar-refractivity contribution is -0.552. The Balaban J connectivity index is 1.59. The van der Waals surface area contributed by atoms with E-state index in [1.54, 1.807) is 10.8 Å². The van der Waals surface area contributed by atoms with Gasteiger partial charge in [-0.15, -0.1) is 0 Å². The van der Waals surface area contributed by atoms with E-state index in [1.165, 1.54) is 5.56 Å². The van der Waals surface area contributed by atoms with Crippen LogP contribution in [0.2, 0.25) is 0 Å². The van der Waals surface area contributed by atoms with Crippen molar-refractivity contribution < 1.29 is 9.36 Å². The van der Waals surface area contributed by atoms with E-state index in [4.69, 9.17) is 0 Å². The van der Waals surface area contributed by atoms with Gasteiger partial charge in [-0.2, -0.15) is 4.57 Å². The highest BCUT2D eigenvalue weighted by molar-refractivity contribution is 5.82. The van der Waals surface area contributed by atoms with Crippen molar-refractivity contribution in [1.29, 1.82) is 0 Å². The van der Waals surface area contributed by atoms with Gasteiger partial charge in [-0.25, -0.2) is 9.78 Å². The number of nitrogens with zero attached hydrogens (tertiary/aromatic N) is 2. The van der Waals surface area contributed by atoms with Gasteiger partial charge < -0.3 is 0 Å². The Morgan fingerprint density at radius 3 is 2.58 bits per heavy atom. The second-order valence-corrected chi connectivity index (χ2v) is 6.12. The van der Waals surface area contributed by atoms with Crippen LogP contribution in [0.1, 0.15) is 15.9 Å². The topological polar surface area (TPSA) is 45.9 Å². The van der Waals surface area contributed by atoms with Crippen molar-refractivity contribution >= 4 is 11.7 Å². The van der Waals surface area contributed by atoms with Crippen molar-refractivity contribution in [2.75, 3.05) is 5.32 Å². The second-order valence-electron chi connectivity index (χ2n) is 6.12. The molecule has 0 bridgehead atoms. The predicted molar refractivity (Wildman–Crippen MR) is 92.8 cm³/mol. The number of hydrogen-bond acceptors (Lipinski definition) is 3. The van der Waals surface area contributed by atoms with Gasteiger partial charge in [-0.1, -0.05) is 60.2 Å². The van der Waals surface area contributed by atoms with Crippen LogP contribution in [0.25, 0.3) is 11.3 Å². The summed E-state index contributed by atoms with van der Waals surface area (Å²) in [5, 5.41) is 3.28. The molecule has 0 radical (unpaired) electrons. The fourth-order valence-electron chi connectivity index (χ4n) is 2.97. The maximum absolute atomic E-state index is 12.7. The van der Waals surface area contributed by atoms with Crippen LogP contribution in [0.15, 0.2) is 67.0 Å². The summed E-state index contributed by atoms with van der Waals surface area (Å²) in [4.78, 5) is 17.2. The Morgan fingerprint density at radius 2 is 1.83 bits per heavy atom. The molecule has 4 rings (SSSR count). The van der Waals surface area contributed by atoms with Gasteiger partial charge in [0.05, 0.1) is 0 Å². The minimum absolute atomic E-state index is 0.0603. The average molecular weight is 316 g/mol. The molecular formula is C20H18N3O+. The van der Waals surface area contributed by atoms with Crippen LogP contribution in [0.4, 0.5) is 5.82 Å². The van der Waals surface area contributed by atoms with Gasteiger partial charge >= 0.3 is 11.7 Å². The first-order valence-electron chi connectivity index (χ1n) is 8.04. The molecule has 1 unspecified atom stereocenters. The number of aryl methyl sites for hydroxylation is 1. The monoisotopic (exact) mass is 316 g/mol. The lowest BCUT2D eigenvalue weighted by atomic mass is 10.0. The summed E-state index contributed by atoms with van der Waals surface area (Å²) in [6.07, 6.45) is 4.21. The van der Waals surface area contributed by atoms with E-state index in [9.17, 15) is 4.79 Å². The van der Waals surface area contributed by atoms with Crippen molar-refractivity contribution in [1.82, 2.24) is 4.98 Å². The zero-order chi connectivity index (χ0) is 16.5. The third-order valence-corrected chi connectivity index (χ3v) is 4.32. The number of carbonyl (C=O) groups is 1. The van der Waals surface area contributed by atoms with Gasteiger partial charge in [0.1, 0.15) is 18.1 Å². The average Bonchev–Trinajstić information content (AvgIpc) is 2.93. The van der Waals surface area contributed by atoms with Crippen molar-refractivity contribution in [2.45, 2.75) is 19.4 Å². The summed E-state index contributed by atoms with van der Waals surface area (Å²) >= 11 is 0. The smallest absolute Gasteiger partial charge is 0.258 e. The first-order valence-corrected chi connectivity index (χ1v) is 8.04. The van der Waals surface area contributed by atoms with E-state index in [1.807, 2.05) is 36.5 Å². The van der Waals surface area contributed by atoms with E-state index in [0.29, 0.717) is 6.42 Å². The Kier molecular flexibility index (Phi) is 3.58. The molecule has 0 amide bonds. The van der Waals surface area contributed by atoms with E-state index >= 15 is 0 Å². The van der Waals surface area contributed by atoms with Gasteiger partial charge in [-0.05, 0) is 12.5 Å². The van der Waals surface area contributed by atoms with Gasteiger partial charge in [0.25, 0.3) is 0 Å². The number of anilines is 1. The summed E-state index contributed by atoms with van der Waals surface area (Å²) < 4.78 is 1.67. The van der Waals surface area contributed by atoms with Crippen LogP contribution in [-0.4, -0.2) is 16.9 Å². The molecule has 2 aromatic carbocycles. The van der Waals surface area contributed by atoms with Crippen LogP contribution in [0.5, 0.6) is 0 Å². The highest BCUT2D eigenvalue weighted by Gasteiger charge is 2.38. The summed E-state index contributed by atoms with van der Waals surface area (Å²) in [7, 11) is 0. The highest BCUT2D eigenvalue weighted by atomic mass is 16.2. The molecule has 1 aliphatic heterocycles.